The third kappa shape index (κ3) is 4.97. The minimum atomic E-state index is -1.27. The van der Waals surface area contributed by atoms with E-state index >= 15 is 0 Å². The molecule has 2 aromatic rings. The Hall–Kier alpha value is -2.31. The number of hydrogen-bond acceptors (Lipinski definition) is 5. The van der Waals surface area contributed by atoms with Gasteiger partial charge in [0.1, 0.15) is 6.61 Å². The number of hydrogen-bond donors (Lipinski definition) is 1. The molecule has 1 aliphatic heterocycles. The topological polar surface area (TPSA) is 66.8 Å². The summed E-state index contributed by atoms with van der Waals surface area (Å²) in [6.07, 6.45) is 0.589. The summed E-state index contributed by atoms with van der Waals surface area (Å²) >= 11 is 1.61. The molecular formula is C27H33NO4S. The predicted octanol–water partition coefficient (Wildman–Crippen LogP) is 5.49. The Morgan fingerprint density at radius 1 is 1.09 bits per heavy atom. The number of aliphatic hydroxyl groups is 1. The van der Waals surface area contributed by atoms with E-state index in [1.807, 2.05) is 69.3 Å². The first-order chi connectivity index (χ1) is 15.6. The first-order valence-electron chi connectivity index (χ1n) is 11.6. The van der Waals surface area contributed by atoms with E-state index in [0.29, 0.717) is 6.42 Å². The van der Waals surface area contributed by atoms with E-state index in [1.165, 1.54) is 4.90 Å². The number of carbonyl (C=O) groups is 2. The number of cyclic esters (lactones) is 1. The van der Waals surface area contributed by atoms with Gasteiger partial charge in [0.2, 0.25) is 5.91 Å². The van der Waals surface area contributed by atoms with Gasteiger partial charge in [-0.1, -0.05) is 69.3 Å². The maximum atomic E-state index is 14.0. The van der Waals surface area contributed by atoms with Gasteiger partial charge in [-0.3, -0.25) is 4.79 Å². The molecule has 2 aliphatic rings. The maximum absolute atomic E-state index is 14.0. The van der Waals surface area contributed by atoms with E-state index in [0.717, 1.165) is 16.9 Å². The number of rotatable bonds is 4. The van der Waals surface area contributed by atoms with Gasteiger partial charge in [0.15, 0.2) is 0 Å². The molecule has 1 aliphatic carbocycles. The summed E-state index contributed by atoms with van der Waals surface area (Å²) in [5.41, 5.74) is -0.430. The lowest BCUT2D eigenvalue weighted by atomic mass is 9.68. The molecule has 176 valence electrons. The number of nitrogens with zero attached hydrogens (tertiary/aromatic N) is 1. The van der Waals surface area contributed by atoms with Crippen LogP contribution in [0, 0.1) is 11.3 Å². The van der Waals surface area contributed by atoms with Crippen LogP contribution >= 0.6 is 11.8 Å². The molecule has 2 amide bonds. The maximum Gasteiger partial charge on any atom is 0.417 e. The highest BCUT2D eigenvalue weighted by atomic mass is 32.2. The predicted molar refractivity (Wildman–Crippen MR) is 130 cm³/mol. The van der Waals surface area contributed by atoms with Gasteiger partial charge in [0.05, 0.1) is 17.6 Å². The highest BCUT2D eigenvalue weighted by Crippen LogP contribution is 2.49. The molecule has 0 bridgehead atoms. The second kappa shape index (κ2) is 9.15. The fourth-order valence-electron chi connectivity index (χ4n) is 5.17. The van der Waals surface area contributed by atoms with E-state index in [1.54, 1.807) is 18.7 Å². The molecule has 1 saturated heterocycles. The Balaban J connectivity index is 1.70. The zero-order valence-electron chi connectivity index (χ0n) is 19.7. The summed E-state index contributed by atoms with van der Waals surface area (Å²) < 4.78 is 5.31. The van der Waals surface area contributed by atoms with Gasteiger partial charge in [0.25, 0.3) is 0 Å². The fourth-order valence-corrected chi connectivity index (χ4v) is 6.71. The lowest BCUT2D eigenvalue weighted by molar-refractivity contribution is -0.147. The molecule has 0 aromatic heterocycles. The van der Waals surface area contributed by atoms with Crippen molar-refractivity contribution in [1.29, 1.82) is 0 Å². The second-order valence-corrected chi connectivity index (χ2v) is 11.8. The Bertz CT molecular complexity index is 986. The van der Waals surface area contributed by atoms with Gasteiger partial charge < -0.3 is 9.84 Å². The third-order valence-corrected chi connectivity index (χ3v) is 8.21. The van der Waals surface area contributed by atoms with E-state index in [2.05, 4.69) is 12.1 Å². The monoisotopic (exact) mass is 467 g/mol. The fraction of sp³-hybridized carbons (Fsp3) is 0.481. The molecule has 6 heteroatoms. The molecule has 0 radical (unpaired) electrons. The van der Waals surface area contributed by atoms with Crippen molar-refractivity contribution in [3.05, 3.63) is 66.2 Å². The standard InChI is InChI=1S/C27H33NO4S/c1-26(2,3)22-17-32-25(30)28(22)24(29)23-21(33-20-13-9-6-10-14-20)15-19(16-27(23,4)31)18-11-7-5-8-12-18/h5-14,19,21-23,31H,15-17H2,1-4H3/t19-,21+,22+,23+,27+/m0/s1. The Labute approximate surface area is 200 Å². The summed E-state index contributed by atoms with van der Waals surface area (Å²) in [6.45, 7) is 7.93. The van der Waals surface area contributed by atoms with Gasteiger partial charge in [-0.05, 0) is 48.8 Å². The van der Waals surface area contributed by atoms with Crippen molar-refractivity contribution >= 4 is 23.8 Å². The van der Waals surface area contributed by atoms with Crippen LogP contribution < -0.4 is 0 Å². The van der Waals surface area contributed by atoms with Crippen molar-refractivity contribution in [3.63, 3.8) is 0 Å². The largest absolute Gasteiger partial charge is 0.447 e. The lowest BCUT2D eigenvalue weighted by Crippen LogP contribution is -2.58. The molecule has 1 N–H and O–H groups in total. The highest BCUT2D eigenvalue weighted by molar-refractivity contribution is 8.00. The van der Waals surface area contributed by atoms with Crippen molar-refractivity contribution < 1.29 is 19.4 Å². The zero-order valence-corrected chi connectivity index (χ0v) is 20.5. The average molecular weight is 468 g/mol. The Kier molecular flexibility index (Phi) is 6.61. The van der Waals surface area contributed by atoms with Gasteiger partial charge in [0, 0.05) is 10.1 Å². The van der Waals surface area contributed by atoms with Crippen LogP contribution in [-0.4, -0.2) is 45.5 Å². The number of amides is 2. The molecule has 1 saturated carbocycles. The van der Waals surface area contributed by atoms with Crippen LogP contribution in [0.2, 0.25) is 0 Å². The first kappa shape index (κ1) is 23.8. The van der Waals surface area contributed by atoms with E-state index in [9.17, 15) is 14.7 Å². The first-order valence-corrected chi connectivity index (χ1v) is 12.4. The molecule has 2 fully saturated rings. The van der Waals surface area contributed by atoms with Crippen molar-refractivity contribution in [1.82, 2.24) is 4.90 Å². The summed E-state index contributed by atoms with van der Waals surface area (Å²) in [5, 5.41) is 11.5. The normalized spacial score (nSPS) is 30.2. The minimum absolute atomic E-state index is 0.121. The number of imide groups is 1. The number of ether oxygens (including phenoxy) is 1. The van der Waals surface area contributed by atoms with Crippen LogP contribution in [0.25, 0.3) is 0 Å². The molecule has 4 rings (SSSR count). The van der Waals surface area contributed by atoms with Crippen molar-refractivity contribution in [2.24, 2.45) is 11.3 Å². The summed E-state index contributed by atoms with van der Waals surface area (Å²) in [4.78, 5) is 29.0. The van der Waals surface area contributed by atoms with Gasteiger partial charge >= 0.3 is 6.09 Å². The van der Waals surface area contributed by atoms with Gasteiger partial charge in [-0.2, -0.15) is 0 Å². The average Bonchev–Trinajstić information content (AvgIpc) is 3.16. The summed E-state index contributed by atoms with van der Waals surface area (Å²) in [6, 6.07) is 19.8. The highest BCUT2D eigenvalue weighted by Gasteiger charge is 2.55. The van der Waals surface area contributed by atoms with E-state index < -0.39 is 17.6 Å². The minimum Gasteiger partial charge on any atom is -0.447 e. The summed E-state index contributed by atoms with van der Waals surface area (Å²) in [7, 11) is 0. The second-order valence-electron chi connectivity index (χ2n) is 10.5. The van der Waals surface area contributed by atoms with Gasteiger partial charge in [-0.25, -0.2) is 9.69 Å². The third-order valence-electron chi connectivity index (χ3n) is 6.90. The van der Waals surface area contributed by atoms with Crippen molar-refractivity contribution in [2.75, 3.05) is 6.61 Å². The van der Waals surface area contributed by atoms with Crippen LogP contribution in [0.5, 0.6) is 0 Å². The van der Waals surface area contributed by atoms with E-state index in [4.69, 9.17) is 4.74 Å². The number of carbonyl (C=O) groups excluding carboxylic acids is 2. The van der Waals surface area contributed by atoms with Crippen molar-refractivity contribution in [3.8, 4) is 0 Å². The van der Waals surface area contributed by atoms with Crippen LogP contribution in [0.15, 0.2) is 65.6 Å². The smallest absolute Gasteiger partial charge is 0.417 e. The summed E-state index contributed by atoms with van der Waals surface area (Å²) in [5.74, 6) is -0.934. The quantitative estimate of drug-likeness (QED) is 0.644. The van der Waals surface area contributed by atoms with Crippen molar-refractivity contribution in [2.45, 2.75) is 68.2 Å². The Morgan fingerprint density at radius 3 is 2.30 bits per heavy atom. The SMILES string of the molecule is CC(C)(C)[C@H]1COC(=O)N1C(=O)[C@H]1[C@H](Sc2ccccc2)C[C@H](c2ccccc2)C[C@@]1(C)O. The molecule has 0 unspecified atom stereocenters. The van der Waals surface area contributed by atoms with Gasteiger partial charge in [-0.15, -0.1) is 11.8 Å². The zero-order chi connectivity index (χ0) is 23.8. The number of benzene rings is 2. The Morgan fingerprint density at radius 2 is 1.70 bits per heavy atom. The molecule has 5 atom stereocenters. The molecule has 1 heterocycles. The molecule has 0 spiro atoms. The van der Waals surface area contributed by atoms with E-state index in [-0.39, 0.29) is 35.1 Å². The molecule has 33 heavy (non-hydrogen) atoms. The van der Waals surface area contributed by atoms with Crippen LogP contribution in [-0.2, 0) is 9.53 Å². The van der Waals surface area contributed by atoms with Crippen LogP contribution in [0.4, 0.5) is 4.79 Å². The molecular weight excluding hydrogens is 434 g/mol. The molecule has 2 aromatic carbocycles. The lowest BCUT2D eigenvalue weighted by Gasteiger charge is -2.46. The number of thioether (sulfide) groups is 1. The van der Waals surface area contributed by atoms with Crippen LogP contribution in [0.3, 0.4) is 0 Å². The molecule has 5 nitrogen and oxygen atoms in total. The van der Waals surface area contributed by atoms with Crippen LogP contribution in [0.1, 0.15) is 52.0 Å².